The third kappa shape index (κ3) is 4.32. The number of hydrogen-bond donors (Lipinski definition) is 0. The zero-order valence-electron chi connectivity index (χ0n) is 8.95. The predicted octanol–water partition coefficient (Wildman–Crippen LogP) is 4.57. The molecule has 0 aliphatic rings. The van der Waals surface area contributed by atoms with Gasteiger partial charge >= 0.3 is 6.18 Å². The van der Waals surface area contributed by atoms with E-state index in [-0.39, 0.29) is 5.56 Å². The maximum absolute atomic E-state index is 12.6. The molecular weight excluding hydrogens is 208 g/mol. The third-order valence-corrected chi connectivity index (χ3v) is 1.51. The minimum Gasteiger partial charge on any atom is -0.206 e. The van der Waals surface area contributed by atoms with Crippen LogP contribution in [0.25, 0.3) is 0 Å². The number of hydrogen-bond acceptors (Lipinski definition) is 0. The lowest BCUT2D eigenvalue weighted by molar-refractivity contribution is -0.140. The number of rotatable bonds is 0. The van der Waals surface area contributed by atoms with E-state index in [2.05, 4.69) is 13.8 Å². The Bertz CT molecular complexity index is 282. The molecule has 15 heavy (non-hydrogen) atoms. The Morgan fingerprint density at radius 3 is 1.87 bits per heavy atom. The summed E-state index contributed by atoms with van der Waals surface area (Å²) in [5.41, 5.74) is -1.27. The van der Waals surface area contributed by atoms with E-state index in [1.807, 2.05) is 0 Å². The van der Waals surface area contributed by atoms with Crippen LogP contribution in [-0.2, 0) is 6.18 Å². The first-order chi connectivity index (χ1) is 6.84. The van der Waals surface area contributed by atoms with Crippen molar-refractivity contribution in [3.63, 3.8) is 0 Å². The topological polar surface area (TPSA) is 0 Å². The molecule has 0 aromatic heterocycles. The average Bonchev–Trinajstić information content (AvgIpc) is 2.02. The van der Waals surface area contributed by atoms with Crippen LogP contribution in [-0.4, -0.2) is 0 Å². The van der Waals surface area contributed by atoms with Gasteiger partial charge in [-0.1, -0.05) is 32.4 Å². The molecule has 0 N–H and O–H groups in total. The Hall–Kier alpha value is -1.06. The highest BCUT2D eigenvalue weighted by Gasteiger charge is 2.35. The number of alkyl halides is 3. The molecule has 1 aromatic carbocycles. The molecule has 0 aliphatic carbocycles. The Balaban J connectivity index is 0.000000583. The fourth-order valence-corrected chi connectivity index (χ4v) is 0.991. The van der Waals surface area contributed by atoms with Gasteiger partial charge in [-0.25, -0.2) is 4.39 Å². The van der Waals surface area contributed by atoms with Crippen molar-refractivity contribution in [2.45, 2.75) is 33.4 Å². The maximum atomic E-state index is 12.6. The van der Waals surface area contributed by atoms with Gasteiger partial charge in [0.25, 0.3) is 0 Å². The molecule has 0 fully saturated rings. The number of benzene rings is 1. The largest absolute Gasteiger partial charge is 0.419 e. The van der Waals surface area contributed by atoms with Crippen molar-refractivity contribution < 1.29 is 17.6 Å². The van der Waals surface area contributed by atoms with Crippen molar-refractivity contribution in [2.24, 2.45) is 0 Å². The van der Waals surface area contributed by atoms with E-state index in [0.717, 1.165) is 6.07 Å². The summed E-state index contributed by atoms with van der Waals surface area (Å²) in [4.78, 5) is 0. The summed E-state index contributed by atoms with van der Waals surface area (Å²) >= 11 is 0. The molecular formula is C11H14F4. The van der Waals surface area contributed by atoms with Gasteiger partial charge in [-0.2, -0.15) is 13.2 Å². The Morgan fingerprint density at radius 1 is 1.13 bits per heavy atom. The lowest BCUT2D eigenvalue weighted by atomic mass is 10.1. The minimum absolute atomic E-state index is 0.0949. The van der Waals surface area contributed by atoms with E-state index in [1.165, 1.54) is 25.5 Å². The molecule has 0 atom stereocenters. The van der Waals surface area contributed by atoms with Crippen LogP contribution in [0.2, 0.25) is 0 Å². The molecule has 0 bridgehead atoms. The van der Waals surface area contributed by atoms with Crippen LogP contribution >= 0.6 is 0 Å². The molecule has 0 radical (unpaired) electrons. The number of halogens is 4. The molecule has 86 valence electrons. The number of aryl methyl sites for hydroxylation is 1. The highest BCUT2D eigenvalue weighted by atomic mass is 19.4. The van der Waals surface area contributed by atoms with Crippen LogP contribution in [0.3, 0.4) is 0 Å². The predicted molar refractivity (Wildman–Crippen MR) is 52.1 cm³/mol. The minimum atomic E-state index is -4.60. The van der Waals surface area contributed by atoms with Crippen molar-refractivity contribution >= 4 is 0 Å². The van der Waals surface area contributed by atoms with Gasteiger partial charge in [0.05, 0.1) is 5.56 Å². The SMILES string of the molecule is CCC.Cc1cccc(F)c1C(F)(F)F. The molecule has 0 amide bonds. The lowest BCUT2D eigenvalue weighted by Crippen LogP contribution is -2.10. The fourth-order valence-electron chi connectivity index (χ4n) is 0.991. The molecule has 4 heteroatoms. The van der Waals surface area contributed by atoms with Gasteiger partial charge in [0.15, 0.2) is 0 Å². The molecule has 0 heterocycles. The quantitative estimate of drug-likeness (QED) is 0.564. The monoisotopic (exact) mass is 222 g/mol. The molecule has 0 saturated carbocycles. The van der Waals surface area contributed by atoms with Crippen LogP contribution in [0.1, 0.15) is 31.4 Å². The first-order valence-corrected chi connectivity index (χ1v) is 4.66. The van der Waals surface area contributed by atoms with Gasteiger partial charge in [-0.05, 0) is 18.6 Å². The lowest BCUT2D eigenvalue weighted by Gasteiger charge is -2.09. The normalized spacial score (nSPS) is 10.6. The summed E-state index contributed by atoms with van der Waals surface area (Å²) in [6.07, 6.45) is -3.35. The summed E-state index contributed by atoms with van der Waals surface area (Å²) in [6.45, 7) is 5.48. The van der Waals surface area contributed by atoms with Crippen LogP contribution in [0.5, 0.6) is 0 Å². The van der Waals surface area contributed by atoms with E-state index < -0.39 is 17.6 Å². The molecule has 0 spiro atoms. The second kappa shape index (κ2) is 5.73. The summed E-state index contributed by atoms with van der Waals surface area (Å²) in [5.74, 6) is -1.22. The first kappa shape index (κ1) is 13.9. The van der Waals surface area contributed by atoms with Crippen molar-refractivity contribution in [3.05, 3.63) is 35.1 Å². The summed E-state index contributed by atoms with van der Waals surface area (Å²) in [6, 6.07) is 3.28. The summed E-state index contributed by atoms with van der Waals surface area (Å²) in [7, 11) is 0. The molecule has 0 unspecified atom stereocenters. The van der Waals surface area contributed by atoms with Gasteiger partial charge in [-0.3, -0.25) is 0 Å². The van der Waals surface area contributed by atoms with Crippen LogP contribution in [0.15, 0.2) is 18.2 Å². The van der Waals surface area contributed by atoms with Gasteiger partial charge in [0.2, 0.25) is 0 Å². The smallest absolute Gasteiger partial charge is 0.206 e. The fraction of sp³-hybridized carbons (Fsp3) is 0.455. The highest BCUT2D eigenvalue weighted by molar-refractivity contribution is 5.29. The van der Waals surface area contributed by atoms with Gasteiger partial charge in [-0.15, -0.1) is 0 Å². The standard InChI is InChI=1S/C8H6F4.C3H8/c1-5-3-2-4-6(9)7(5)8(10,11)12;1-3-2/h2-4H,1H3;3H2,1-2H3. The Kier molecular flexibility index (Phi) is 5.33. The molecule has 0 nitrogen and oxygen atoms in total. The van der Waals surface area contributed by atoms with E-state index in [0.29, 0.717) is 0 Å². The van der Waals surface area contributed by atoms with E-state index in [9.17, 15) is 17.6 Å². The molecule has 0 saturated heterocycles. The third-order valence-electron chi connectivity index (χ3n) is 1.51. The van der Waals surface area contributed by atoms with Gasteiger partial charge in [0.1, 0.15) is 5.82 Å². The van der Waals surface area contributed by atoms with Crippen molar-refractivity contribution in [1.29, 1.82) is 0 Å². The molecule has 1 aromatic rings. The van der Waals surface area contributed by atoms with Crippen LogP contribution in [0.4, 0.5) is 17.6 Å². The average molecular weight is 222 g/mol. The molecule has 1 rings (SSSR count). The maximum Gasteiger partial charge on any atom is 0.419 e. The van der Waals surface area contributed by atoms with Crippen molar-refractivity contribution in [3.8, 4) is 0 Å². The van der Waals surface area contributed by atoms with E-state index in [4.69, 9.17) is 0 Å². The highest BCUT2D eigenvalue weighted by Crippen LogP contribution is 2.33. The Morgan fingerprint density at radius 2 is 1.60 bits per heavy atom. The van der Waals surface area contributed by atoms with E-state index in [1.54, 1.807) is 0 Å². The van der Waals surface area contributed by atoms with Crippen molar-refractivity contribution in [1.82, 2.24) is 0 Å². The van der Waals surface area contributed by atoms with Crippen LogP contribution in [0, 0.1) is 12.7 Å². The Labute approximate surface area is 86.9 Å². The van der Waals surface area contributed by atoms with Crippen molar-refractivity contribution in [2.75, 3.05) is 0 Å². The summed E-state index contributed by atoms with van der Waals surface area (Å²) < 4.78 is 48.8. The molecule has 0 aliphatic heterocycles. The second-order valence-corrected chi connectivity index (χ2v) is 3.14. The zero-order valence-corrected chi connectivity index (χ0v) is 8.95. The van der Waals surface area contributed by atoms with E-state index >= 15 is 0 Å². The summed E-state index contributed by atoms with van der Waals surface area (Å²) in [5, 5.41) is 0. The van der Waals surface area contributed by atoms with Gasteiger partial charge < -0.3 is 0 Å². The second-order valence-electron chi connectivity index (χ2n) is 3.14. The zero-order chi connectivity index (χ0) is 12.1. The first-order valence-electron chi connectivity index (χ1n) is 4.66. The van der Waals surface area contributed by atoms with Gasteiger partial charge in [0, 0.05) is 0 Å². The van der Waals surface area contributed by atoms with Crippen LogP contribution < -0.4 is 0 Å².